The Kier molecular flexibility index (Phi) is 10.3. The third kappa shape index (κ3) is 7.83. The number of hydrogen-bond donors (Lipinski definition) is 2. The Bertz CT molecular complexity index is 1190. The number of carbonyl (C=O) groups excluding carboxylic acids is 2. The average Bonchev–Trinajstić information content (AvgIpc) is 3.21. The number of halogens is 3. The fourth-order valence-corrected chi connectivity index (χ4v) is 5.10. The lowest BCUT2D eigenvalue weighted by Crippen LogP contribution is -2.31. The molecule has 0 saturated carbocycles. The molecule has 3 rings (SSSR count). The topological polar surface area (TPSA) is 88.9 Å². The van der Waals surface area contributed by atoms with Crippen molar-refractivity contribution in [2.24, 2.45) is 5.92 Å². The zero-order chi connectivity index (χ0) is 25.5. The fourth-order valence-electron chi connectivity index (χ4n) is 3.43. The molecule has 2 amide bonds. The van der Waals surface area contributed by atoms with Crippen LogP contribution >= 0.6 is 57.6 Å². The maximum absolute atomic E-state index is 13.0. The molecule has 0 aliphatic heterocycles. The largest absolute Gasteiger partial charge is 0.342 e. The maximum Gasteiger partial charge on any atom is 0.253 e. The van der Waals surface area contributed by atoms with E-state index in [1.165, 1.54) is 11.8 Å². The summed E-state index contributed by atoms with van der Waals surface area (Å²) in [6, 6.07) is 12.0. The minimum atomic E-state index is -0.378. The molecule has 0 aliphatic carbocycles. The van der Waals surface area contributed by atoms with E-state index in [4.69, 9.17) is 23.2 Å². The van der Waals surface area contributed by atoms with Gasteiger partial charge in [0.25, 0.3) is 5.91 Å². The molecule has 0 spiro atoms. The van der Waals surface area contributed by atoms with Crippen LogP contribution in [0.2, 0.25) is 10.0 Å². The Labute approximate surface area is 232 Å². The summed E-state index contributed by atoms with van der Waals surface area (Å²) in [5.74, 6) is 0.673. The van der Waals surface area contributed by atoms with Crippen molar-refractivity contribution in [3.05, 3.63) is 67.5 Å². The van der Waals surface area contributed by atoms with E-state index in [1.807, 2.05) is 35.8 Å². The molecule has 0 saturated heterocycles. The van der Waals surface area contributed by atoms with Crippen molar-refractivity contribution < 1.29 is 9.59 Å². The summed E-state index contributed by atoms with van der Waals surface area (Å²) in [7, 11) is 0. The number of hydrogen-bond acceptors (Lipinski definition) is 5. The van der Waals surface area contributed by atoms with Gasteiger partial charge >= 0.3 is 0 Å². The number of benzene rings is 2. The van der Waals surface area contributed by atoms with E-state index in [0.29, 0.717) is 40.5 Å². The van der Waals surface area contributed by atoms with Crippen molar-refractivity contribution in [1.82, 2.24) is 20.1 Å². The second-order valence-corrected chi connectivity index (χ2v) is 11.2. The normalized spacial score (nSPS) is 12.0. The first-order chi connectivity index (χ1) is 16.7. The van der Waals surface area contributed by atoms with Gasteiger partial charge in [0.15, 0.2) is 11.0 Å². The first kappa shape index (κ1) is 27.8. The second-order valence-electron chi connectivity index (χ2n) is 8.21. The lowest BCUT2D eigenvalue weighted by molar-refractivity contribution is -0.113. The molecular formula is C24H26Cl2IN5O2S. The van der Waals surface area contributed by atoms with E-state index in [2.05, 4.69) is 57.3 Å². The van der Waals surface area contributed by atoms with Gasteiger partial charge in [-0.05, 0) is 84.3 Å². The van der Waals surface area contributed by atoms with Crippen LogP contribution in [0.4, 0.5) is 5.69 Å². The summed E-state index contributed by atoms with van der Waals surface area (Å²) in [4.78, 5) is 25.4. The Morgan fingerprint density at radius 2 is 1.83 bits per heavy atom. The summed E-state index contributed by atoms with van der Waals surface area (Å²) in [6.07, 6.45) is 0.660. The Morgan fingerprint density at radius 1 is 1.11 bits per heavy atom. The highest BCUT2D eigenvalue weighted by Gasteiger charge is 2.25. The van der Waals surface area contributed by atoms with Gasteiger partial charge in [0.2, 0.25) is 5.91 Å². The molecule has 3 aromatic rings. The Morgan fingerprint density at radius 3 is 2.46 bits per heavy atom. The third-order valence-electron chi connectivity index (χ3n) is 5.02. The highest BCUT2D eigenvalue weighted by atomic mass is 127. The lowest BCUT2D eigenvalue weighted by atomic mass is 10.0. The van der Waals surface area contributed by atoms with Gasteiger partial charge in [0, 0.05) is 20.8 Å². The third-order valence-corrected chi connectivity index (χ3v) is 7.26. The van der Waals surface area contributed by atoms with Crippen molar-refractivity contribution in [2.45, 2.75) is 44.9 Å². The van der Waals surface area contributed by atoms with Crippen molar-refractivity contribution in [2.75, 3.05) is 11.1 Å². The van der Waals surface area contributed by atoms with Crippen molar-refractivity contribution >= 4 is 75.1 Å². The van der Waals surface area contributed by atoms with Crippen LogP contribution in [0.1, 0.15) is 49.4 Å². The van der Waals surface area contributed by atoms with E-state index in [-0.39, 0.29) is 28.6 Å². The molecule has 1 heterocycles. The van der Waals surface area contributed by atoms with Crippen LogP contribution in [0.15, 0.2) is 47.6 Å². The van der Waals surface area contributed by atoms with Crippen LogP contribution < -0.4 is 10.6 Å². The number of nitrogens with zero attached hydrogens (tertiary/aromatic N) is 3. The van der Waals surface area contributed by atoms with Gasteiger partial charge < -0.3 is 15.2 Å². The Balaban J connectivity index is 1.74. The molecule has 35 heavy (non-hydrogen) atoms. The van der Waals surface area contributed by atoms with Crippen molar-refractivity contribution in [1.29, 1.82) is 0 Å². The van der Waals surface area contributed by atoms with Crippen LogP contribution in [-0.2, 0) is 11.3 Å². The van der Waals surface area contributed by atoms with Crippen LogP contribution in [0, 0.1) is 9.49 Å². The minimum Gasteiger partial charge on any atom is -0.342 e. The molecule has 2 N–H and O–H groups in total. The molecule has 1 atom stereocenters. The van der Waals surface area contributed by atoms with Crippen LogP contribution in [0.5, 0.6) is 0 Å². The van der Waals surface area contributed by atoms with E-state index >= 15 is 0 Å². The summed E-state index contributed by atoms with van der Waals surface area (Å²) in [6.45, 7) is 6.72. The second kappa shape index (κ2) is 12.9. The molecule has 0 radical (unpaired) electrons. The summed E-state index contributed by atoms with van der Waals surface area (Å²) >= 11 is 15.7. The van der Waals surface area contributed by atoms with Gasteiger partial charge in [0.1, 0.15) is 0 Å². The maximum atomic E-state index is 13.0. The molecular weight excluding hydrogens is 620 g/mol. The first-order valence-corrected chi connectivity index (χ1v) is 13.9. The van der Waals surface area contributed by atoms with Gasteiger partial charge in [-0.25, -0.2) is 0 Å². The molecule has 0 unspecified atom stereocenters. The number of nitrogens with one attached hydrogen (secondary N) is 2. The monoisotopic (exact) mass is 645 g/mol. The SMILES string of the molecule is CCn1c(SCC(=O)Nc2ccc(I)cc2)nnc1[C@@H](CC(C)C)NC(=O)c1ccc(Cl)cc1Cl. The number of aromatic nitrogens is 3. The number of carbonyl (C=O) groups is 2. The van der Waals surface area contributed by atoms with Crippen LogP contribution in [0.25, 0.3) is 0 Å². The van der Waals surface area contributed by atoms with Gasteiger partial charge in [-0.3, -0.25) is 9.59 Å². The molecule has 0 aliphatic rings. The molecule has 11 heteroatoms. The summed E-state index contributed by atoms with van der Waals surface area (Å²) < 4.78 is 3.03. The summed E-state index contributed by atoms with van der Waals surface area (Å²) in [5, 5.41) is 16.0. The molecule has 7 nitrogen and oxygen atoms in total. The number of rotatable bonds is 10. The zero-order valence-electron chi connectivity index (χ0n) is 19.5. The first-order valence-electron chi connectivity index (χ1n) is 11.0. The zero-order valence-corrected chi connectivity index (χ0v) is 24.0. The molecule has 186 valence electrons. The molecule has 2 aromatic carbocycles. The van der Waals surface area contributed by atoms with E-state index in [0.717, 1.165) is 9.26 Å². The quantitative estimate of drug-likeness (QED) is 0.195. The average molecular weight is 646 g/mol. The van der Waals surface area contributed by atoms with Gasteiger partial charge in [0.05, 0.1) is 22.4 Å². The highest BCUT2D eigenvalue weighted by Crippen LogP contribution is 2.27. The molecule has 1 aromatic heterocycles. The smallest absolute Gasteiger partial charge is 0.253 e. The van der Waals surface area contributed by atoms with E-state index in [9.17, 15) is 9.59 Å². The van der Waals surface area contributed by atoms with Gasteiger partial charge in [-0.1, -0.05) is 48.8 Å². The van der Waals surface area contributed by atoms with Gasteiger partial charge in [-0.15, -0.1) is 10.2 Å². The minimum absolute atomic E-state index is 0.132. The van der Waals surface area contributed by atoms with Gasteiger partial charge in [-0.2, -0.15) is 0 Å². The molecule has 0 fully saturated rings. The number of anilines is 1. The highest BCUT2D eigenvalue weighted by molar-refractivity contribution is 14.1. The van der Waals surface area contributed by atoms with E-state index in [1.54, 1.807) is 18.2 Å². The number of amides is 2. The van der Waals surface area contributed by atoms with Crippen LogP contribution in [-0.4, -0.2) is 32.3 Å². The van der Waals surface area contributed by atoms with E-state index < -0.39 is 0 Å². The molecule has 0 bridgehead atoms. The standard InChI is InChI=1S/C24H26Cl2IN5O2S/c1-4-32-22(20(11-14(2)3)29-23(34)18-10-5-15(25)12-19(18)26)30-31-24(32)35-13-21(33)28-17-8-6-16(27)7-9-17/h5-10,12,14,20H,4,11,13H2,1-3H3,(H,28,33)(H,29,34)/t20-/m1/s1. The predicted octanol–water partition coefficient (Wildman–Crippen LogP) is 6.46. The Hall–Kier alpha value is -1.82. The summed E-state index contributed by atoms with van der Waals surface area (Å²) in [5.41, 5.74) is 1.09. The predicted molar refractivity (Wildman–Crippen MR) is 150 cm³/mol. The number of thioether (sulfide) groups is 1. The van der Waals surface area contributed by atoms with Crippen LogP contribution in [0.3, 0.4) is 0 Å². The lowest BCUT2D eigenvalue weighted by Gasteiger charge is -2.21. The van der Waals surface area contributed by atoms with Crippen molar-refractivity contribution in [3.8, 4) is 0 Å². The van der Waals surface area contributed by atoms with Crippen molar-refractivity contribution in [3.63, 3.8) is 0 Å². The fraction of sp³-hybridized carbons (Fsp3) is 0.333.